The molecule has 112 valence electrons. The minimum Gasteiger partial charge on any atom is -0.487 e. The summed E-state index contributed by atoms with van der Waals surface area (Å²) in [5, 5.41) is 0. The fourth-order valence-corrected chi connectivity index (χ4v) is 3.02. The highest BCUT2D eigenvalue weighted by molar-refractivity contribution is 5.37. The average Bonchev–Trinajstić information content (AvgIpc) is 2.50. The maximum atomic E-state index is 6.28. The first-order valence-electron chi connectivity index (χ1n) is 7.40. The summed E-state index contributed by atoms with van der Waals surface area (Å²) < 4.78 is 12.4. The van der Waals surface area contributed by atoms with Crippen molar-refractivity contribution in [1.82, 2.24) is 0 Å². The highest BCUT2D eigenvalue weighted by Gasteiger charge is 2.47. The molecule has 1 heterocycles. The van der Waals surface area contributed by atoms with E-state index in [4.69, 9.17) is 15.2 Å². The maximum Gasteiger partial charge on any atom is 0.130 e. The molecule has 0 radical (unpaired) electrons. The normalized spacial score (nSPS) is 23.8. The van der Waals surface area contributed by atoms with E-state index in [-0.39, 0.29) is 17.3 Å². The van der Waals surface area contributed by atoms with E-state index in [9.17, 15) is 0 Å². The van der Waals surface area contributed by atoms with Crippen molar-refractivity contribution in [3.63, 3.8) is 0 Å². The number of nitrogens with two attached hydrogens (primary N) is 1. The third-order valence-corrected chi connectivity index (χ3v) is 3.89. The Morgan fingerprint density at radius 1 is 1.30 bits per heavy atom. The highest BCUT2D eigenvalue weighted by Crippen LogP contribution is 2.40. The minimum atomic E-state index is -0.269. The van der Waals surface area contributed by atoms with Crippen LogP contribution in [-0.4, -0.2) is 23.9 Å². The molecule has 1 unspecified atom stereocenters. The molecule has 1 aromatic carbocycles. The Morgan fingerprint density at radius 3 is 2.55 bits per heavy atom. The van der Waals surface area contributed by atoms with E-state index < -0.39 is 0 Å². The van der Waals surface area contributed by atoms with Gasteiger partial charge in [0.25, 0.3) is 0 Å². The van der Waals surface area contributed by atoms with E-state index in [0.29, 0.717) is 6.54 Å². The molecule has 0 spiro atoms. The highest BCUT2D eigenvalue weighted by atomic mass is 16.6. The number of ether oxygens (including phenoxy) is 2. The predicted octanol–water partition coefficient (Wildman–Crippen LogP) is 3.22. The Hall–Kier alpha value is -1.06. The third kappa shape index (κ3) is 3.33. The lowest BCUT2D eigenvalue weighted by molar-refractivity contribution is -0.0846. The van der Waals surface area contributed by atoms with Gasteiger partial charge in [-0.2, -0.15) is 0 Å². The molecule has 20 heavy (non-hydrogen) atoms. The summed E-state index contributed by atoms with van der Waals surface area (Å²) in [7, 11) is 0. The summed E-state index contributed by atoms with van der Waals surface area (Å²) in [6, 6.07) is 6.31. The van der Waals surface area contributed by atoms with Crippen LogP contribution in [0.15, 0.2) is 18.2 Å². The topological polar surface area (TPSA) is 44.5 Å². The van der Waals surface area contributed by atoms with Crippen molar-refractivity contribution in [2.45, 2.75) is 64.8 Å². The smallest absolute Gasteiger partial charge is 0.130 e. The SMILES string of the molecule is Cc1ccc(OC2CC(C)(C)OC2(C)C)c(CCN)c1. The van der Waals surface area contributed by atoms with Crippen molar-refractivity contribution >= 4 is 0 Å². The largest absolute Gasteiger partial charge is 0.487 e. The second kappa shape index (κ2) is 5.38. The molecule has 0 saturated carbocycles. The van der Waals surface area contributed by atoms with Crippen LogP contribution < -0.4 is 10.5 Å². The summed E-state index contributed by atoms with van der Waals surface area (Å²) in [6.45, 7) is 11.2. The van der Waals surface area contributed by atoms with Gasteiger partial charge < -0.3 is 15.2 Å². The summed E-state index contributed by atoms with van der Waals surface area (Å²) in [5.41, 5.74) is 7.73. The predicted molar refractivity (Wildman–Crippen MR) is 82.2 cm³/mol. The van der Waals surface area contributed by atoms with Crippen LogP contribution in [0.2, 0.25) is 0 Å². The lowest BCUT2D eigenvalue weighted by Gasteiger charge is -2.28. The van der Waals surface area contributed by atoms with Crippen LogP contribution in [0.25, 0.3) is 0 Å². The molecule has 1 fully saturated rings. The first-order chi connectivity index (χ1) is 9.23. The van der Waals surface area contributed by atoms with Gasteiger partial charge in [-0.15, -0.1) is 0 Å². The molecular weight excluding hydrogens is 250 g/mol. The van der Waals surface area contributed by atoms with Gasteiger partial charge in [0.15, 0.2) is 0 Å². The first-order valence-corrected chi connectivity index (χ1v) is 7.40. The zero-order valence-corrected chi connectivity index (χ0v) is 13.3. The Kier molecular flexibility index (Phi) is 4.12. The second-order valence-electron chi connectivity index (χ2n) is 6.93. The van der Waals surface area contributed by atoms with Crippen molar-refractivity contribution in [1.29, 1.82) is 0 Å². The van der Waals surface area contributed by atoms with Crippen LogP contribution in [0.1, 0.15) is 45.2 Å². The molecule has 2 N–H and O–H groups in total. The summed E-state index contributed by atoms with van der Waals surface area (Å²) >= 11 is 0. The molecule has 0 bridgehead atoms. The number of benzene rings is 1. The summed E-state index contributed by atoms with van der Waals surface area (Å²) in [4.78, 5) is 0. The van der Waals surface area contributed by atoms with E-state index in [1.54, 1.807) is 0 Å². The summed E-state index contributed by atoms with van der Waals surface area (Å²) in [5.74, 6) is 0.945. The third-order valence-electron chi connectivity index (χ3n) is 3.89. The molecule has 1 atom stereocenters. The Labute approximate surface area is 122 Å². The average molecular weight is 277 g/mol. The van der Waals surface area contributed by atoms with Gasteiger partial charge >= 0.3 is 0 Å². The van der Waals surface area contributed by atoms with Gasteiger partial charge in [0.05, 0.1) is 5.60 Å². The van der Waals surface area contributed by atoms with Crippen LogP contribution in [0.5, 0.6) is 5.75 Å². The van der Waals surface area contributed by atoms with Gasteiger partial charge in [0, 0.05) is 6.42 Å². The zero-order chi connectivity index (χ0) is 15.0. The van der Waals surface area contributed by atoms with Crippen molar-refractivity contribution in [2.24, 2.45) is 5.73 Å². The molecule has 3 nitrogen and oxygen atoms in total. The van der Waals surface area contributed by atoms with Crippen LogP contribution >= 0.6 is 0 Å². The fourth-order valence-electron chi connectivity index (χ4n) is 3.02. The number of rotatable bonds is 4. The van der Waals surface area contributed by atoms with E-state index in [1.165, 1.54) is 11.1 Å². The van der Waals surface area contributed by atoms with Crippen molar-refractivity contribution < 1.29 is 9.47 Å². The maximum absolute atomic E-state index is 6.28. The van der Waals surface area contributed by atoms with E-state index in [2.05, 4.69) is 52.8 Å². The molecule has 2 rings (SSSR count). The molecule has 3 heteroatoms. The molecule has 0 amide bonds. The van der Waals surface area contributed by atoms with Crippen LogP contribution in [0.3, 0.4) is 0 Å². The van der Waals surface area contributed by atoms with Gasteiger partial charge in [0.2, 0.25) is 0 Å². The summed E-state index contributed by atoms with van der Waals surface area (Å²) in [6.07, 6.45) is 1.81. The Balaban J connectivity index is 2.22. The lowest BCUT2D eigenvalue weighted by atomic mass is 9.97. The monoisotopic (exact) mass is 277 g/mol. The fraction of sp³-hybridized carbons (Fsp3) is 0.647. The van der Waals surface area contributed by atoms with Gasteiger partial charge in [-0.05, 0) is 59.2 Å². The number of hydrogen-bond acceptors (Lipinski definition) is 3. The lowest BCUT2D eigenvalue weighted by Crippen LogP contribution is -2.37. The molecule has 0 aliphatic carbocycles. The van der Waals surface area contributed by atoms with Crippen LogP contribution in [-0.2, 0) is 11.2 Å². The van der Waals surface area contributed by atoms with Gasteiger partial charge in [-0.25, -0.2) is 0 Å². The van der Waals surface area contributed by atoms with Gasteiger partial charge in [-0.3, -0.25) is 0 Å². The number of aryl methyl sites for hydroxylation is 1. The quantitative estimate of drug-likeness (QED) is 0.919. The van der Waals surface area contributed by atoms with E-state index >= 15 is 0 Å². The van der Waals surface area contributed by atoms with Crippen LogP contribution in [0.4, 0.5) is 0 Å². The number of hydrogen-bond donors (Lipinski definition) is 1. The Bertz CT molecular complexity index is 480. The van der Waals surface area contributed by atoms with E-state index in [0.717, 1.165) is 18.6 Å². The standard InChI is InChI=1S/C17H27NO2/c1-12-6-7-14(13(10-12)8-9-18)19-15-11-16(2,3)20-17(15,4)5/h6-7,10,15H,8-9,11,18H2,1-5H3. The van der Waals surface area contributed by atoms with E-state index in [1.807, 2.05) is 0 Å². The zero-order valence-electron chi connectivity index (χ0n) is 13.3. The molecule has 1 aromatic rings. The van der Waals surface area contributed by atoms with Crippen molar-refractivity contribution in [2.75, 3.05) is 6.54 Å². The Morgan fingerprint density at radius 2 is 2.00 bits per heavy atom. The van der Waals surface area contributed by atoms with Crippen molar-refractivity contribution in [3.05, 3.63) is 29.3 Å². The van der Waals surface area contributed by atoms with Gasteiger partial charge in [0.1, 0.15) is 17.5 Å². The molecule has 0 aromatic heterocycles. The molecule has 1 aliphatic heterocycles. The van der Waals surface area contributed by atoms with Crippen LogP contribution in [0, 0.1) is 6.92 Å². The minimum absolute atomic E-state index is 0.0664. The van der Waals surface area contributed by atoms with Crippen molar-refractivity contribution in [3.8, 4) is 5.75 Å². The molecule has 1 saturated heterocycles. The van der Waals surface area contributed by atoms with Gasteiger partial charge in [-0.1, -0.05) is 17.7 Å². The molecular formula is C17H27NO2. The first kappa shape index (κ1) is 15.3. The second-order valence-corrected chi connectivity index (χ2v) is 6.93. The molecule has 1 aliphatic rings.